The molecule has 1 N–H and O–H groups in total. The summed E-state index contributed by atoms with van der Waals surface area (Å²) in [5.41, 5.74) is 3.41. The van der Waals surface area contributed by atoms with E-state index in [1.807, 2.05) is 24.3 Å². The molecule has 0 aliphatic carbocycles. The van der Waals surface area contributed by atoms with Crippen LogP contribution in [0.3, 0.4) is 0 Å². The number of nitrogens with zero attached hydrogens (tertiary/aromatic N) is 2. The Balaban J connectivity index is 1.43. The SMILES string of the molecule is CC(C)(Cc1ccccc1)N1CCC([N+]2([O-])CNc3ccccc32)CC1. The lowest BCUT2D eigenvalue weighted by Crippen LogP contribution is -2.58. The van der Waals surface area contributed by atoms with Crippen LogP contribution in [0.25, 0.3) is 0 Å². The molecule has 0 spiro atoms. The molecular formula is C22H29N3O. The largest absolute Gasteiger partial charge is 0.626 e. The summed E-state index contributed by atoms with van der Waals surface area (Å²) in [5, 5.41) is 16.9. The monoisotopic (exact) mass is 351 g/mol. The minimum absolute atomic E-state index is 0.112. The van der Waals surface area contributed by atoms with Gasteiger partial charge in [-0.1, -0.05) is 42.5 Å². The van der Waals surface area contributed by atoms with Gasteiger partial charge in [-0.25, -0.2) is 0 Å². The number of hydroxylamine groups is 2. The van der Waals surface area contributed by atoms with Crippen molar-refractivity contribution in [1.82, 2.24) is 9.55 Å². The maximum atomic E-state index is 13.6. The molecule has 2 aromatic rings. The fourth-order valence-electron chi connectivity index (χ4n) is 4.66. The van der Waals surface area contributed by atoms with Crippen LogP contribution in [0.2, 0.25) is 0 Å². The van der Waals surface area contributed by atoms with Gasteiger partial charge in [0.15, 0.2) is 12.4 Å². The zero-order valence-electron chi connectivity index (χ0n) is 15.8. The first-order chi connectivity index (χ1) is 12.5. The number of nitrogens with one attached hydrogen (secondary N) is 1. The second-order valence-corrected chi connectivity index (χ2v) is 8.34. The Morgan fingerprint density at radius 1 is 1.04 bits per heavy atom. The van der Waals surface area contributed by atoms with E-state index in [0.29, 0.717) is 6.67 Å². The number of fused-ring (bicyclic) bond motifs is 1. The quantitative estimate of drug-likeness (QED) is 0.657. The molecule has 2 heterocycles. The molecule has 0 aromatic heterocycles. The van der Waals surface area contributed by atoms with Gasteiger partial charge in [0, 0.05) is 37.5 Å². The van der Waals surface area contributed by atoms with Crippen molar-refractivity contribution in [3.8, 4) is 0 Å². The lowest BCUT2D eigenvalue weighted by Gasteiger charge is -2.50. The highest BCUT2D eigenvalue weighted by Crippen LogP contribution is 2.41. The molecule has 138 valence electrons. The van der Waals surface area contributed by atoms with Gasteiger partial charge in [-0.2, -0.15) is 0 Å². The number of hydrogen-bond donors (Lipinski definition) is 1. The van der Waals surface area contributed by atoms with Gasteiger partial charge in [0.1, 0.15) is 5.69 Å². The van der Waals surface area contributed by atoms with Crippen LogP contribution in [-0.2, 0) is 6.42 Å². The third-order valence-corrected chi connectivity index (χ3v) is 6.21. The molecule has 1 atom stereocenters. The van der Waals surface area contributed by atoms with E-state index in [9.17, 15) is 5.21 Å². The average molecular weight is 351 g/mol. The molecule has 1 saturated heterocycles. The molecule has 26 heavy (non-hydrogen) atoms. The van der Waals surface area contributed by atoms with E-state index in [1.165, 1.54) is 5.56 Å². The minimum atomic E-state index is -0.205. The summed E-state index contributed by atoms with van der Waals surface area (Å²) in [7, 11) is 0. The summed E-state index contributed by atoms with van der Waals surface area (Å²) in [6.07, 6.45) is 2.95. The minimum Gasteiger partial charge on any atom is -0.626 e. The number of likely N-dealkylation sites (tertiary alicyclic amines) is 1. The van der Waals surface area contributed by atoms with Gasteiger partial charge in [-0.3, -0.25) is 4.90 Å². The van der Waals surface area contributed by atoms with Crippen LogP contribution in [0.15, 0.2) is 54.6 Å². The van der Waals surface area contributed by atoms with Crippen molar-refractivity contribution in [1.29, 1.82) is 0 Å². The molecule has 1 fully saturated rings. The highest BCUT2D eigenvalue weighted by molar-refractivity contribution is 5.72. The first kappa shape index (κ1) is 17.5. The second kappa shape index (κ2) is 6.69. The molecule has 0 saturated carbocycles. The molecular weight excluding hydrogens is 322 g/mol. The van der Waals surface area contributed by atoms with Gasteiger partial charge >= 0.3 is 0 Å². The van der Waals surface area contributed by atoms with Gasteiger partial charge in [-0.05, 0) is 31.9 Å². The van der Waals surface area contributed by atoms with Crippen molar-refractivity contribution in [2.24, 2.45) is 0 Å². The van der Waals surface area contributed by atoms with Gasteiger partial charge < -0.3 is 15.2 Å². The van der Waals surface area contributed by atoms with Crippen LogP contribution in [0.1, 0.15) is 32.3 Å². The van der Waals surface area contributed by atoms with Gasteiger partial charge in [0.05, 0.1) is 6.04 Å². The number of benzene rings is 2. The Labute approximate surface area is 156 Å². The molecule has 2 aliphatic rings. The zero-order chi connectivity index (χ0) is 18.2. The normalized spacial score (nSPS) is 24.3. The second-order valence-electron chi connectivity index (χ2n) is 8.34. The van der Waals surface area contributed by atoms with Crippen LogP contribution in [0.5, 0.6) is 0 Å². The highest BCUT2D eigenvalue weighted by Gasteiger charge is 2.41. The smallest absolute Gasteiger partial charge is 0.158 e. The predicted molar refractivity (Wildman–Crippen MR) is 109 cm³/mol. The Hall–Kier alpha value is -1.88. The predicted octanol–water partition coefficient (Wildman–Crippen LogP) is 4.36. The number of hydrogen-bond acceptors (Lipinski definition) is 3. The Kier molecular flexibility index (Phi) is 4.51. The van der Waals surface area contributed by atoms with Crippen LogP contribution in [-0.4, -0.2) is 36.2 Å². The number of quaternary nitrogens is 1. The molecule has 0 amide bonds. The maximum Gasteiger partial charge on any atom is 0.158 e. The van der Waals surface area contributed by atoms with E-state index in [0.717, 1.165) is 43.7 Å². The van der Waals surface area contributed by atoms with E-state index in [-0.39, 0.29) is 16.2 Å². The first-order valence-corrected chi connectivity index (χ1v) is 9.70. The molecule has 2 aliphatic heterocycles. The number of para-hydroxylation sites is 2. The van der Waals surface area contributed by atoms with Crippen molar-refractivity contribution in [2.75, 3.05) is 25.1 Å². The van der Waals surface area contributed by atoms with E-state index in [2.05, 4.69) is 54.4 Å². The topological polar surface area (TPSA) is 38.3 Å². The van der Waals surface area contributed by atoms with Crippen LogP contribution >= 0.6 is 0 Å². The summed E-state index contributed by atoms with van der Waals surface area (Å²) in [6, 6.07) is 18.8. The third kappa shape index (κ3) is 3.13. The van der Waals surface area contributed by atoms with Crippen LogP contribution in [0.4, 0.5) is 11.4 Å². The summed E-state index contributed by atoms with van der Waals surface area (Å²) in [6.45, 7) is 7.12. The Bertz CT molecular complexity index is 753. The molecule has 4 heteroatoms. The number of anilines is 1. The Morgan fingerprint density at radius 3 is 2.42 bits per heavy atom. The zero-order valence-corrected chi connectivity index (χ0v) is 15.8. The summed E-state index contributed by atoms with van der Waals surface area (Å²) in [5.74, 6) is 0. The van der Waals surface area contributed by atoms with E-state index in [4.69, 9.17) is 0 Å². The summed E-state index contributed by atoms with van der Waals surface area (Å²) >= 11 is 0. The number of rotatable bonds is 4. The first-order valence-electron chi connectivity index (χ1n) is 9.70. The molecule has 4 nitrogen and oxygen atoms in total. The molecule has 2 aromatic carbocycles. The van der Waals surface area contributed by atoms with Crippen LogP contribution in [0, 0.1) is 5.21 Å². The maximum absolute atomic E-state index is 13.6. The van der Waals surface area contributed by atoms with Crippen molar-refractivity contribution in [3.05, 3.63) is 65.4 Å². The standard InChI is InChI=1S/C22H29N3O/c1-22(2,16-18-8-4-3-5-9-18)24-14-12-19(13-15-24)25(26)17-23-20-10-6-7-11-21(20)25/h3-11,19,23H,12-17H2,1-2H3. The van der Waals surface area contributed by atoms with Crippen LogP contribution < -0.4 is 9.96 Å². The van der Waals surface area contributed by atoms with Crippen molar-refractivity contribution >= 4 is 11.4 Å². The van der Waals surface area contributed by atoms with Gasteiger partial charge in [-0.15, -0.1) is 0 Å². The van der Waals surface area contributed by atoms with Gasteiger partial charge in [0.2, 0.25) is 0 Å². The van der Waals surface area contributed by atoms with Crippen molar-refractivity contribution < 1.29 is 0 Å². The fraction of sp³-hybridized carbons (Fsp3) is 0.455. The summed E-state index contributed by atoms with van der Waals surface area (Å²) < 4.78 is -0.205. The van der Waals surface area contributed by atoms with E-state index in [1.54, 1.807) is 0 Å². The lowest BCUT2D eigenvalue weighted by atomic mass is 9.89. The average Bonchev–Trinajstić information content (AvgIpc) is 3.01. The molecule has 4 rings (SSSR count). The summed E-state index contributed by atoms with van der Waals surface area (Å²) in [4.78, 5) is 2.57. The molecule has 1 unspecified atom stereocenters. The number of piperidine rings is 1. The van der Waals surface area contributed by atoms with E-state index < -0.39 is 0 Å². The van der Waals surface area contributed by atoms with E-state index >= 15 is 0 Å². The molecule has 0 bridgehead atoms. The Morgan fingerprint density at radius 2 is 1.69 bits per heavy atom. The third-order valence-electron chi connectivity index (χ3n) is 6.21. The van der Waals surface area contributed by atoms with Gasteiger partial charge in [0.25, 0.3) is 0 Å². The van der Waals surface area contributed by atoms with Crippen molar-refractivity contribution in [3.63, 3.8) is 0 Å². The van der Waals surface area contributed by atoms with Crippen molar-refractivity contribution in [2.45, 2.75) is 44.7 Å². The molecule has 0 radical (unpaired) electrons. The highest BCUT2D eigenvalue weighted by atomic mass is 16.6. The fourth-order valence-corrected chi connectivity index (χ4v) is 4.66. The lowest BCUT2D eigenvalue weighted by molar-refractivity contribution is 0.0650.